The van der Waals surface area contributed by atoms with E-state index in [1.807, 2.05) is 0 Å². The van der Waals surface area contributed by atoms with Gasteiger partial charge in [0.25, 0.3) is 0 Å². The van der Waals surface area contributed by atoms with Gasteiger partial charge >= 0.3 is 0 Å². The Kier molecular flexibility index (Phi) is 2.78. The highest BCUT2D eigenvalue weighted by Crippen LogP contribution is 2.23. The molecule has 0 bridgehead atoms. The zero-order valence-electron chi connectivity index (χ0n) is 7.30. The smallest absolute Gasteiger partial charge is 0.179 e. The van der Waals surface area contributed by atoms with Crippen LogP contribution < -0.4 is 11.5 Å². The summed E-state index contributed by atoms with van der Waals surface area (Å²) in [7, 11) is 0. The lowest BCUT2D eigenvalue weighted by Gasteiger charge is -2.08. The second-order valence-electron chi connectivity index (χ2n) is 2.82. The maximum absolute atomic E-state index is 11.3. The molecule has 0 fully saturated rings. The van der Waals surface area contributed by atoms with Crippen LogP contribution >= 0.6 is 11.6 Å². The van der Waals surface area contributed by atoms with E-state index in [0.29, 0.717) is 16.9 Å². The number of hydrogen-bond donors (Lipinski definition) is 2. The van der Waals surface area contributed by atoms with Crippen LogP contribution in [0.2, 0.25) is 0 Å². The maximum Gasteiger partial charge on any atom is 0.179 e. The first-order valence-electron chi connectivity index (χ1n) is 3.81. The number of hydrogen-bond acceptors (Lipinski definition) is 3. The van der Waals surface area contributed by atoms with Crippen molar-refractivity contribution in [3.63, 3.8) is 0 Å². The third kappa shape index (κ3) is 1.75. The van der Waals surface area contributed by atoms with E-state index in [0.717, 1.165) is 5.56 Å². The molecule has 4 N–H and O–H groups in total. The Morgan fingerprint density at radius 1 is 1.46 bits per heavy atom. The van der Waals surface area contributed by atoms with E-state index in [9.17, 15) is 4.79 Å². The molecule has 0 aromatic heterocycles. The number of carbonyl (C=O) groups excluding carboxylic acids is 1. The van der Waals surface area contributed by atoms with Crippen molar-refractivity contribution in [2.75, 3.05) is 17.3 Å². The van der Waals surface area contributed by atoms with Crippen LogP contribution in [-0.4, -0.2) is 11.7 Å². The molecule has 0 unspecified atom stereocenters. The van der Waals surface area contributed by atoms with Crippen LogP contribution in [0.1, 0.15) is 15.9 Å². The number of alkyl halides is 1. The molecule has 1 aromatic rings. The minimum absolute atomic E-state index is 0.0749. The normalized spacial score (nSPS) is 10.0. The number of Topliss-reactive ketones (excluding diaryl/α,β-unsaturated/α-hetero) is 1. The van der Waals surface area contributed by atoms with Crippen molar-refractivity contribution < 1.29 is 4.79 Å². The van der Waals surface area contributed by atoms with Crippen molar-refractivity contribution in [1.82, 2.24) is 0 Å². The summed E-state index contributed by atoms with van der Waals surface area (Å²) in [6.45, 7) is 1.80. The number of rotatable bonds is 2. The molecule has 4 heteroatoms. The molecule has 1 aromatic carbocycles. The van der Waals surface area contributed by atoms with Gasteiger partial charge < -0.3 is 11.5 Å². The van der Waals surface area contributed by atoms with Crippen molar-refractivity contribution in [2.24, 2.45) is 0 Å². The predicted molar refractivity (Wildman–Crippen MR) is 55.1 cm³/mol. The van der Waals surface area contributed by atoms with Crippen molar-refractivity contribution in [3.8, 4) is 0 Å². The summed E-state index contributed by atoms with van der Waals surface area (Å²) >= 11 is 5.44. The molecular weight excluding hydrogens is 188 g/mol. The Balaban J connectivity index is 3.33. The maximum atomic E-state index is 11.3. The molecule has 0 spiro atoms. The minimum Gasteiger partial charge on any atom is -0.397 e. The van der Waals surface area contributed by atoms with Crippen LogP contribution in [-0.2, 0) is 0 Å². The van der Waals surface area contributed by atoms with E-state index in [4.69, 9.17) is 23.1 Å². The van der Waals surface area contributed by atoms with Gasteiger partial charge in [-0.2, -0.15) is 0 Å². The highest BCUT2D eigenvalue weighted by Gasteiger charge is 2.13. The molecule has 1 rings (SSSR count). The zero-order valence-corrected chi connectivity index (χ0v) is 8.06. The number of anilines is 2. The Labute approximate surface area is 81.7 Å². The summed E-state index contributed by atoms with van der Waals surface area (Å²) in [6.07, 6.45) is 0. The summed E-state index contributed by atoms with van der Waals surface area (Å²) in [4.78, 5) is 11.3. The molecule has 0 heterocycles. The fraction of sp³-hybridized carbons (Fsp3) is 0.222. The van der Waals surface area contributed by atoms with Gasteiger partial charge in [-0.25, -0.2) is 0 Å². The van der Waals surface area contributed by atoms with Crippen molar-refractivity contribution >= 4 is 28.8 Å². The van der Waals surface area contributed by atoms with Gasteiger partial charge in [-0.05, 0) is 18.6 Å². The Morgan fingerprint density at radius 2 is 2.08 bits per heavy atom. The number of nitrogen functional groups attached to an aromatic ring is 2. The molecule has 70 valence electrons. The van der Waals surface area contributed by atoms with E-state index in [-0.39, 0.29) is 11.7 Å². The van der Waals surface area contributed by atoms with Crippen molar-refractivity contribution in [1.29, 1.82) is 0 Å². The van der Waals surface area contributed by atoms with E-state index >= 15 is 0 Å². The topological polar surface area (TPSA) is 69.1 Å². The third-order valence-electron chi connectivity index (χ3n) is 1.89. The lowest BCUT2D eigenvalue weighted by Crippen LogP contribution is -2.09. The molecular formula is C9H11ClN2O. The third-order valence-corrected chi connectivity index (χ3v) is 2.13. The number of ketones is 1. The fourth-order valence-corrected chi connectivity index (χ4v) is 1.32. The first-order valence-corrected chi connectivity index (χ1v) is 4.35. The molecule has 0 atom stereocenters. The lowest BCUT2D eigenvalue weighted by atomic mass is 10.0. The van der Waals surface area contributed by atoms with Gasteiger partial charge in [0, 0.05) is 5.56 Å². The molecule has 0 aliphatic carbocycles. The first kappa shape index (κ1) is 9.86. The Morgan fingerprint density at radius 3 is 2.62 bits per heavy atom. The van der Waals surface area contributed by atoms with Gasteiger partial charge in [-0.15, -0.1) is 11.6 Å². The van der Waals surface area contributed by atoms with Crippen LogP contribution in [0.3, 0.4) is 0 Å². The monoisotopic (exact) mass is 198 g/mol. The van der Waals surface area contributed by atoms with Crippen LogP contribution in [0, 0.1) is 6.92 Å². The summed E-state index contributed by atoms with van der Waals surface area (Å²) in [5.74, 6) is -0.266. The molecule has 0 aliphatic rings. The molecule has 0 amide bonds. The van der Waals surface area contributed by atoms with Crippen molar-refractivity contribution in [3.05, 3.63) is 23.3 Å². The van der Waals surface area contributed by atoms with Gasteiger partial charge in [0.15, 0.2) is 5.78 Å². The quantitative estimate of drug-likeness (QED) is 0.431. The standard InChI is InChI=1S/C9H11ClN2O/c1-5-2-3-6(11)9(12)8(5)7(13)4-10/h2-3H,4,11-12H2,1H3. The summed E-state index contributed by atoms with van der Waals surface area (Å²) in [5, 5.41) is 0. The number of benzene rings is 1. The second kappa shape index (κ2) is 3.66. The zero-order chi connectivity index (χ0) is 10.0. The highest BCUT2D eigenvalue weighted by molar-refractivity contribution is 6.31. The first-order chi connectivity index (χ1) is 6.07. The predicted octanol–water partition coefficient (Wildman–Crippen LogP) is 1.58. The lowest BCUT2D eigenvalue weighted by molar-refractivity contribution is 0.102. The van der Waals surface area contributed by atoms with Crippen LogP contribution in [0.25, 0.3) is 0 Å². The SMILES string of the molecule is Cc1ccc(N)c(N)c1C(=O)CCl. The Bertz CT molecular complexity index is 350. The number of carbonyl (C=O) groups is 1. The number of halogens is 1. The molecule has 0 aliphatic heterocycles. The average Bonchev–Trinajstić information content (AvgIpc) is 2.12. The largest absolute Gasteiger partial charge is 0.397 e. The molecule has 0 saturated heterocycles. The average molecular weight is 199 g/mol. The van der Waals surface area contributed by atoms with Gasteiger partial charge in [0.1, 0.15) is 0 Å². The highest BCUT2D eigenvalue weighted by atomic mass is 35.5. The number of nitrogens with two attached hydrogens (primary N) is 2. The van der Waals surface area contributed by atoms with Crippen LogP contribution in [0.4, 0.5) is 11.4 Å². The molecule has 3 nitrogen and oxygen atoms in total. The fourth-order valence-electron chi connectivity index (χ4n) is 1.18. The van der Waals surface area contributed by atoms with Crippen LogP contribution in [0.15, 0.2) is 12.1 Å². The van der Waals surface area contributed by atoms with E-state index < -0.39 is 0 Å². The van der Waals surface area contributed by atoms with Gasteiger partial charge in [-0.3, -0.25) is 4.79 Å². The minimum atomic E-state index is -0.191. The molecule has 0 radical (unpaired) electrons. The number of aryl methyl sites for hydroxylation is 1. The summed E-state index contributed by atoms with van der Waals surface area (Å²) < 4.78 is 0. The summed E-state index contributed by atoms with van der Waals surface area (Å²) in [5.41, 5.74) is 13.2. The Hall–Kier alpha value is -1.22. The van der Waals surface area contributed by atoms with Crippen LogP contribution in [0.5, 0.6) is 0 Å². The van der Waals surface area contributed by atoms with Gasteiger partial charge in [0.05, 0.1) is 17.3 Å². The van der Waals surface area contributed by atoms with Gasteiger partial charge in [0.2, 0.25) is 0 Å². The van der Waals surface area contributed by atoms with E-state index in [1.54, 1.807) is 19.1 Å². The van der Waals surface area contributed by atoms with E-state index in [1.165, 1.54) is 0 Å². The molecule has 0 saturated carbocycles. The summed E-state index contributed by atoms with van der Waals surface area (Å²) in [6, 6.07) is 3.43. The molecule has 13 heavy (non-hydrogen) atoms. The van der Waals surface area contributed by atoms with Gasteiger partial charge in [-0.1, -0.05) is 6.07 Å². The van der Waals surface area contributed by atoms with Crippen molar-refractivity contribution in [2.45, 2.75) is 6.92 Å². The second-order valence-corrected chi connectivity index (χ2v) is 3.08. The van der Waals surface area contributed by atoms with E-state index in [2.05, 4.69) is 0 Å².